The largest absolute Gasteiger partial charge is 0.331 e. The van der Waals surface area contributed by atoms with Gasteiger partial charge >= 0.3 is 0 Å². The van der Waals surface area contributed by atoms with Crippen LogP contribution in [-0.2, 0) is 0 Å². The molecule has 100 valence electrons. The zero-order chi connectivity index (χ0) is 14.3. The number of hydrogen-bond donors (Lipinski definition) is 1. The fourth-order valence-corrected chi connectivity index (χ4v) is 2.71. The SMILES string of the molecule is Cc1cc(-n2c(=S)[nH]c3ccccc3c2=O)ccc1Br. The summed E-state index contributed by atoms with van der Waals surface area (Å²) in [5.41, 5.74) is 2.47. The van der Waals surface area contributed by atoms with E-state index in [1.165, 1.54) is 4.57 Å². The zero-order valence-corrected chi connectivity index (χ0v) is 13.1. The van der Waals surface area contributed by atoms with Crippen molar-refractivity contribution >= 4 is 39.1 Å². The van der Waals surface area contributed by atoms with Crippen molar-refractivity contribution in [2.24, 2.45) is 0 Å². The van der Waals surface area contributed by atoms with Crippen LogP contribution in [0, 0.1) is 11.7 Å². The minimum absolute atomic E-state index is 0.105. The van der Waals surface area contributed by atoms with Crippen molar-refractivity contribution in [3.05, 3.63) is 67.6 Å². The normalized spacial score (nSPS) is 10.9. The summed E-state index contributed by atoms with van der Waals surface area (Å²) in [7, 11) is 0. The van der Waals surface area contributed by atoms with Gasteiger partial charge in [0, 0.05) is 4.47 Å². The molecule has 20 heavy (non-hydrogen) atoms. The lowest BCUT2D eigenvalue weighted by molar-refractivity contribution is 0.938. The molecule has 0 saturated carbocycles. The minimum atomic E-state index is -0.105. The monoisotopic (exact) mass is 346 g/mol. The summed E-state index contributed by atoms with van der Waals surface area (Å²) in [5, 5.41) is 0.627. The highest BCUT2D eigenvalue weighted by molar-refractivity contribution is 9.10. The first-order valence-corrected chi connectivity index (χ1v) is 7.28. The van der Waals surface area contributed by atoms with E-state index in [9.17, 15) is 4.79 Å². The van der Waals surface area contributed by atoms with Gasteiger partial charge in [-0.15, -0.1) is 0 Å². The number of fused-ring (bicyclic) bond motifs is 1. The Morgan fingerprint density at radius 2 is 1.95 bits per heavy atom. The van der Waals surface area contributed by atoms with Gasteiger partial charge in [0.2, 0.25) is 0 Å². The molecule has 0 aliphatic heterocycles. The van der Waals surface area contributed by atoms with Crippen molar-refractivity contribution in [3.8, 4) is 5.69 Å². The first-order valence-electron chi connectivity index (χ1n) is 6.08. The lowest BCUT2D eigenvalue weighted by Gasteiger charge is -2.09. The highest BCUT2D eigenvalue weighted by atomic mass is 79.9. The maximum Gasteiger partial charge on any atom is 0.266 e. The highest BCUT2D eigenvalue weighted by Crippen LogP contribution is 2.19. The van der Waals surface area contributed by atoms with E-state index in [1.807, 2.05) is 43.3 Å². The lowest BCUT2D eigenvalue weighted by Crippen LogP contribution is -2.20. The molecule has 3 nitrogen and oxygen atoms in total. The molecule has 0 amide bonds. The molecule has 0 spiro atoms. The topological polar surface area (TPSA) is 37.8 Å². The average molecular weight is 347 g/mol. The number of nitrogens with zero attached hydrogens (tertiary/aromatic N) is 1. The van der Waals surface area contributed by atoms with Crippen LogP contribution in [0.1, 0.15) is 5.56 Å². The molecule has 1 aromatic heterocycles. The second-order valence-electron chi connectivity index (χ2n) is 4.55. The average Bonchev–Trinajstić information content (AvgIpc) is 2.43. The minimum Gasteiger partial charge on any atom is -0.331 e. The van der Waals surface area contributed by atoms with Gasteiger partial charge in [0.25, 0.3) is 5.56 Å². The fraction of sp³-hybridized carbons (Fsp3) is 0.0667. The van der Waals surface area contributed by atoms with Gasteiger partial charge in [-0.1, -0.05) is 28.1 Å². The first kappa shape index (κ1) is 13.3. The molecule has 0 radical (unpaired) electrons. The molecule has 1 N–H and O–H groups in total. The number of rotatable bonds is 1. The van der Waals surface area contributed by atoms with Crippen molar-refractivity contribution in [3.63, 3.8) is 0 Å². The summed E-state index contributed by atoms with van der Waals surface area (Å²) < 4.78 is 2.93. The molecule has 0 saturated heterocycles. The Balaban J connectivity index is 2.39. The predicted molar refractivity (Wildman–Crippen MR) is 87.2 cm³/mol. The van der Waals surface area contributed by atoms with Crippen molar-refractivity contribution < 1.29 is 0 Å². The Hall–Kier alpha value is -1.72. The van der Waals surface area contributed by atoms with Crippen molar-refractivity contribution in [1.29, 1.82) is 0 Å². The molecule has 0 fully saturated rings. The Kier molecular flexibility index (Phi) is 3.31. The Labute approximate surface area is 129 Å². The molecule has 0 unspecified atom stereocenters. The number of benzene rings is 2. The molecule has 5 heteroatoms. The van der Waals surface area contributed by atoms with Crippen LogP contribution in [-0.4, -0.2) is 9.55 Å². The van der Waals surface area contributed by atoms with Gasteiger partial charge < -0.3 is 4.98 Å². The summed E-state index contributed by atoms with van der Waals surface area (Å²) in [4.78, 5) is 15.7. The summed E-state index contributed by atoms with van der Waals surface area (Å²) in [5.74, 6) is 0. The van der Waals surface area contributed by atoms with Crippen LogP contribution in [0.15, 0.2) is 51.7 Å². The van der Waals surface area contributed by atoms with E-state index in [-0.39, 0.29) is 5.56 Å². The molecule has 0 aliphatic carbocycles. The predicted octanol–water partition coefficient (Wildman–Crippen LogP) is 4.12. The number of aromatic amines is 1. The molecule has 1 heterocycles. The Bertz CT molecular complexity index is 927. The van der Waals surface area contributed by atoms with Crippen LogP contribution >= 0.6 is 28.1 Å². The molecular formula is C15H11BrN2OS. The second kappa shape index (κ2) is 5.00. The van der Waals surface area contributed by atoms with Crippen LogP contribution in [0.4, 0.5) is 0 Å². The van der Waals surface area contributed by atoms with Crippen molar-refractivity contribution in [1.82, 2.24) is 9.55 Å². The van der Waals surface area contributed by atoms with E-state index in [2.05, 4.69) is 20.9 Å². The molecule has 0 bridgehead atoms. The number of aryl methyl sites for hydroxylation is 1. The lowest BCUT2D eigenvalue weighted by atomic mass is 10.2. The van der Waals surface area contributed by atoms with E-state index < -0.39 is 0 Å². The third kappa shape index (κ3) is 2.13. The van der Waals surface area contributed by atoms with Crippen LogP contribution in [0.5, 0.6) is 0 Å². The quantitative estimate of drug-likeness (QED) is 0.673. The van der Waals surface area contributed by atoms with E-state index in [1.54, 1.807) is 6.07 Å². The van der Waals surface area contributed by atoms with Crippen LogP contribution in [0.3, 0.4) is 0 Å². The Morgan fingerprint density at radius 1 is 1.20 bits per heavy atom. The number of nitrogens with one attached hydrogen (secondary N) is 1. The third-order valence-corrected chi connectivity index (χ3v) is 4.38. The molecular weight excluding hydrogens is 336 g/mol. The van der Waals surface area contributed by atoms with Gasteiger partial charge in [-0.05, 0) is 55.0 Å². The second-order valence-corrected chi connectivity index (χ2v) is 5.79. The molecule has 0 aliphatic rings. The van der Waals surface area contributed by atoms with E-state index >= 15 is 0 Å². The number of aromatic nitrogens is 2. The van der Waals surface area contributed by atoms with Gasteiger partial charge in [0.15, 0.2) is 4.77 Å². The maximum atomic E-state index is 12.6. The zero-order valence-electron chi connectivity index (χ0n) is 10.7. The van der Waals surface area contributed by atoms with Gasteiger partial charge in [0.1, 0.15) is 0 Å². The van der Waals surface area contributed by atoms with Gasteiger partial charge in [-0.25, -0.2) is 0 Å². The smallest absolute Gasteiger partial charge is 0.266 e. The third-order valence-electron chi connectivity index (χ3n) is 3.20. The molecule has 3 rings (SSSR count). The first-order chi connectivity index (χ1) is 9.58. The number of para-hydroxylation sites is 1. The van der Waals surface area contributed by atoms with Crippen molar-refractivity contribution in [2.75, 3.05) is 0 Å². The number of hydrogen-bond acceptors (Lipinski definition) is 2. The van der Waals surface area contributed by atoms with E-state index in [0.717, 1.165) is 21.2 Å². The summed E-state index contributed by atoms with van der Waals surface area (Å²) in [6, 6.07) is 13.1. The van der Waals surface area contributed by atoms with Gasteiger partial charge in [0.05, 0.1) is 16.6 Å². The molecule has 2 aromatic carbocycles. The van der Waals surface area contributed by atoms with Gasteiger partial charge in [-0.2, -0.15) is 0 Å². The van der Waals surface area contributed by atoms with Gasteiger partial charge in [-0.3, -0.25) is 9.36 Å². The highest BCUT2D eigenvalue weighted by Gasteiger charge is 2.08. The van der Waals surface area contributed by atoms with E-state index in [0.29, 0.717) is 10.2 Å². The van der Waals surface area contributed by atoms with E-state index in [4.69, 9.17) is 12.2 Å². The summed E-state index contributed by atoms with van der Waals surface area (Å²) in [6.07, 6.45) is 0. The van der Waals surface area contributed by atoms with Crippen LogP contribution in [0.25, 0.3) is 16.6 Å². The van der Waals surface area contributed by atoms with Crippen LogP contribution in [0.2, 0.25) is 0 Å². The van der Waals surface area contributed by atoms with Crippen LogP contribution < -0.4 is 5.56 Å². The fourth-order valence-electron chi connectivity index (χ4n) is 2.16. The Morgan fingerprint density at radius 3 is 2.70 bits per heavy atom. The summed E-state index contributed by atoms with van der Waals surface area (Å²) >= 11 is 8.78. The number of H-pyrrole nitrogens is 1. The molecule has 0 atom stereocenters. The maximum absolute atomic E-state index is 12.6. The summed E-state index contributed by atoms with van der Waals surface area (Å²) in [6.45, 7) is 1.98. The molecule has 3 aromatic rings. The number of halogens is 1. The standard InChI is InChI=1S/C15H11BrN2OS/c1-9-8-10(6-7-12(9)16)18-14(19)11-4-2-3-5-13(11)17-15(18)20/h2-8H,1H3,(H,17,20). The van der Waals surface area contributed by atoms with Crippen molar-refractivity contribution in [2.45, 2.75) is 6.92 Å².